The van der Waals surface area contributed by atoms with E-state index in [1.165, 1.54) is 0 Å². The Labute approximate surface area is 80.1 Å². The molecule has 3 heteroatoms. The van der Waals surface area contributed by atoms with Crippen molar-refractivity contribution >= 4 is 5.91 Å². The van der Waals surface area contributed by atoms with E-state index in [0.717, 1.165) is 12.8 Å². The molecule has 0 aromatic carbocycles. The van der Waals surface area contributed by atoms with E-state index in [0.29, 0.717) is 6.54 Å². The summed E-state index contributed by atoms with van der Waals surface area (Å²) in [6, 6.07) is 2.05. The van der Waals surface area contributed by atoms with E-state index in [4.69, 9.17) is 5.26 Å². The molecule has 0 aliphatic carbocycles. The van der Waals surface area contributed by atoms with Crippen LogP contribution in [0.5, 0.6) is 0 Å². The molecule has 2 unspecified atom stereocenters. The Morgan fingerprint density at radius 3 is 2.54 bits per heavy atom. The maximum atomic E-state index is 11.4. The van der Waals surface area contributed by atoms with E-state index in [1.54, 1.807) is 0 Å². The molecule has 0 rings (SSSR count). The lowest BCUT2D eigenvalue weighted by Gasteiger charge is -2.14. The second-order valence-corrected chi connectivity index (χ2v) is 3.28. The predicted molar refractivity (Wildman–Crippen MR) is 51.9 cm³/mol. The van der Waals surface area contributed by atoms with Crippen molar-refractivity contribution in [2.24, 2.45) is 11.8 Å². The van der Waals surface area contributed by atoms with Crippen molar-refractivity contribution < 1.29 is 4.79 Å². The summed E-state index contributed by atoms with van der Waals surface area (Å²) in [7, 11) is 0. The number of hydrogen-bond donors (Lipinski definition) is 1. The van der Waals surface area contributed by atoms with Gasteiger partial charge in [0.05, 0.1) is 6.07 Å². The van der Waals surface area contributed by atoms with Gasteiger partial charge in [-0.25, -0.2) is 0 Å². The first-order chi connectivity index (χ1) is 6.17. The van der Waals surface area contributed by atoms with E-state index in [1.807, 2.05) is 26.8 Å². The van der Waals surface area contributed by atoms with Crippen LogP contribution in [-0.2, 0) is 4.79 Å². The molecule has 0 saturated carbocycles. The summed E-state index contributed by atoms with van der Waals surface area (Å²) in [5.74, 6) is -0.475. The van der Waals surface area contributed by atoms with Crippen LogP contribution in [0.1, 0.15) is 33.6 Å². The van der Waals surface area contributed by atoms with Gasteiger partial charge in [0.25, 0.3) is 0 Å². The molecule has 0 saturated heterocycles. The molecule has 74 valence electrons. The van der Waals surface area contributed by atoms with Gasteiger partial charge in [0.1, 0.15) is 5.92 Å². The van der Waals surface area contributed by atoms with Gasteiger partial charge in [0.15, 0.2) is 0 Å². The number of carbonyl (C=O) groups is 1. The van der Waals surface area contributed by atoms with Gasteiger partial charge in [-0.15, -0.1) is 0 Å². The second kappa shape index (κ2) is 6.47. The van der Waals surface area contributed by atoms with E-state index >= 15 is 0 Å². The standard InChI is InChI=1S/C10H18N2O/c1-4-6-12-10(13)9(7-11)8(3)5-2/h8-9H,4-6H2,1-3H3,(H,12,13). The molecule has 0 bridgehead atoms. The second-order valence-electron chi connectivity index (χ2n) is 3.28. The normalized spacial score (nSPS) is 14.3. The highest BCUT2D eigenvalue weighted by molar-refractivity contribution is 5.81. The van der Waals surface area contributed by atoms with Crippen LogP contribution in [0, 0.1) is 23.2 Å². The summed E-state index contributed by atoms with van der Waals surface area (Å²) in [6.45, 7) is 6.57. The van der Waals surface area contributed by atoms with Gasteiger partial charge in [-0.05, 0) is 12.3 Å². The summed E-state index contributed by atoms with van der Waals surface area (Å²) in [5, 5.41) is 11.5. The number of nitrogens with zero attached hydrogens (tertiary/aromatic N) is 1. The third kappa shape index (κ3) is 3.93. The van der Waals surface area contributed by atoms with Gasteiger partial charge in [0.2, 0.25) is 5.91 Å². The first-order valence-corrected chi connectivity index (χ1v) is 4.84. The van der Waals surface area contributed by atoms with Crippen molar-refractivity contribution in [1.29, 1.82) is 5.26 Å². The molecule has 2 atom stereocenters. The average molecular weight is 182 g/mol. The van der Waals surface area contributed by atoms with Crippen molar-refractivity contribution in [2.45, 2.75) is 33.6 Å². The van der Waals surface area contributed by atoms with Crippen LogP contribution in [0.2, 0.25) is 0 Å². The minimum Gasteiger partial charge on any atom is -0.355 e. The summed E-state index contributed by atoms with van der Waals surface area (Å²) in [6.07, 6.45) is 1.77. The molecule has 0 aliphatic heterocycles. The van der Waals surface area contributed by atoms with Crippen LogP contribution in [0.4, 0.5) is 0 Å². The van der Waals surface area contributed by atoms with Gasteiger partial charge < -0.3 is 5.32 Å². The highest BCUT2D eigenvalue weighted by atomic mass is 16.1. The fourth-order valence-corrected chi connectivity index (χ4v) is 1.04. The van der Waals surface area contributed by atoms with Gasteiger partial charge >= 0.3 is 0 Å². The van der Waals surface area contributed by atoms with Gasteiger partial charge in [-0.1, -0.05) is 27.2 Å². The van der Waals surface area contributed by atoms with Gasteiger partial charge in [-0.2, -0.15) is 5.26 Å². The van der Waals surface area contributed by atoms with Crippen LogP contribution in [-0.4, -0.2) is 12.5 Å². The zero-order valence-electron chi connectivity index (χ0n) is 8.63. The predicted octanol–water partition coefficient (Wildman–Crippen LogP) is 1.70. The zero-order chi connectivity index (χ0) is 10.3. The zero-order valence-corrected chi connectivity index (χ0v) is 8.63. The van der Waals surface area contributed by atoms with E-state index in [9.17, 15) is 4.79 Å². The molecule has 3 nitrogen and oxygen atoms in total. The Morgan fingerprint density at radius 1 is 1.54 bits per heavy atom. The monoisotopic (exact) mass is 182 g/mol. The van der Waals surface area contributed by atoms with E-state index in [-0.39, 0.29) is 11.8 Å². The lowest BCUT2D eigenvalue weighted by molar-refractivity contribution is -0.124. The SMILES string of the molecule is CCCNC(=O)C(C#N)C(C)CC. The number of rotatable bonds is 5. The molecule has 0 fully saturated rings. The Hall–Kier alpha value is -1.04. The fourth-order valence-electron chi connectivity index (χ4n) is 1.04. The first-order valence-electron chi connectivity index (χ1n) is 4.84. The van der Waals surface area contributed by atoms with Crippen molar-refractivity contribution in [2.75, 3.05) is 6.54 Å². The quantitative estimate of drug-likeness (QED) is 0.703. The summed E-state index contributed by atoms with van der Waals surface area (Å²) < 4.78 is 0. The van der Waals surface area contributed by atoms with Crippen LogP contribution in [0.25, 0.3) is 0 Å². The third-order valence-electron chi connectivity index (χ3n) is 2.18. The maximum absolute atomic E-state index is 11.4. The molecule has 0 spiro atoms. The third-order valence-corrected chi connectivity index (χ3v) is 2.18. The summed E-state index contributed by atoms with van der Waals surface area (Å²) >= 11 is 0. The van der Waals surface area contributed by atoms with Crippen LogP contribution < -0.4 is 5.32 Å². The molecular weight excluding hydrogens is 164 g/mol. The van der Waals surface area contributed by atoms with Crippen molar-refractivity contribution in [3.05, 3.63) is 0 Å². The average Bonchev–Trinajstić information content (AvgIpc) is 2.15. The molecule has 0 aliphatic rings. The number of nitrogens with one attached hydrogen (secondary N) is 1. The molecule has 13 heavy (non-hydrogen) atoms. The molecule has 0 aromatic heterocycles. The van der Waals surface area contributed by atoms with Crippen LogP contribution in [0.15, 0.2) is 0 Å². The highest BCUT2D eigenvalue weighted by Gasteiger charge is 2.22. The smallest absolute Gasteiger partial charge is 0.237 e. The Kier molecular flexibility index (Phi) is 5.96. The van der Waals surface area contributed by atoms with E-state index in [2.05, 4.69) is 5.32 Å². The molecule has 0 radical (unpaired) electrons. The summed E-state index contributed by atoms with van der Waals surface area (Å²) in [4.78, 5) is 11.4. The van der Waals surface area contributed by atoms with Gasteiger partial charge in [-0.3, -0.25) is 4.79 Å². The van der Waals surface area contributed by atoms with Crippen molar-refractivity contribution in [3.63, 3.8) is 0 Å². The fraction of sp³-hybridized carbons (Fsp3) is 0.800. The van der Waals surface area contributed by atoms with Crippen molar-refractivity contribution in [1.82, 2.24) is 5.32 Å². The maximum Gasteiger partial charge on any atom is 0.237 e. The molecule has 1 N–H and O–H groups in total. The molecule has 0 aromatic rings. The Morgan fingerprint density at radius 2 is 2.15 bits per heavy atom. The highest BCUT2D eigenvalue weighted by Crippen LogP contribution is 2.14. The Balaban J connectivity index is 4.09. The molecular formula is C10H18N2O. The summed E-state index contributed by atoms with van der Waals surface area (Å²) in [5.41, 5.74) is 0. The molecule has 0 heterocycles. The minimum atomic E-state index is -0.489. The van der Waals surface area contributed by atoms with Crippen molar-refractivity contribution in [3.8, 4) is 6.07 Å². The topological polar surface area (TPSA) is 52.9 Å². The largest absolute Gasteiger partial charge is 0.355 e. The number of nitriles is 1. The molecule has 1 amide bonds. The van der Waals surface area contributed by atoms with Gasteiger partial charge in [0, 0.05) is 6.54 Å². The number of carbonyl (C=O) groups excluding carboxylic acids is 1. The van der Waals surface area contributed by atoms with E-state index < -0.39 is 5.92 Å². The van der Waals surface area contributed by atoms with Crippen LogP contribution in [0.3, 0.4) is 0 Å². The lowest BCUT2D eigenvalue weighted by atomic mass is 9.92. The lowest BCUT2D eigenvalue weighted by Crippen LogP contribution is -2.33. The number of amides is 1. The van der Waals surface area contributed by atoms with Crippen LogP contribution >= 0.6 is 0 Å². The number of hydrogen-bond acceptors (Lipinski definition) is 2. The minimum absolute atomic E-state index is 0.126. The first kappa shape index (κ1) is 12.0. The Bertz CT molecular complexity index is 196.